The van der Waals surface area contributed by atoms with E-state index in [4.69, 9.17) is 15.2 Å². The van der Waals surface area contributed by atoms with E-state index in [0.717, 1.165) is 24.0 Å². The van der Waals surface area contributed by atoms with Crippen LogP contribution in [0.15, 0.2) is 12.1 Å². The van der Waals surface area contributed by atoms with Gasteiger partial charge in [0.25, 0.3) is 0 Å². The van der Waals surface area contributed by atoms with Crippen molar-refractivity contribution in [3.8, 4) is 5.75 Å². The standard InChI is InChI=1S/C17H24FNO2/c1-16(2,3)8-11-6-12-14(19)9-17(4-5-20-10-17)21-15(12)13(18)7-11/h6-7,14H,4-5,8-10,19H2,1-3H3/t14-,17?/m0/s1. The van der Waals surface area contributed by atoms with E-state index >= 15 is 0 Å². The van der Waals surface area contributed by atoms with Crippen molar-refractivity contribution in [3.05, 3.63) is 29.1 Å². The van der Waals surface area contributed by atoms with Crippen LogP contribution in [-0.4, -0.2) is 18.8 Å². The molecule has 1 fully saturated rings. The molecule has 1 spiro atoms. The van der Waals surface area contributed by atoms with Crippen LogP contribution in [0.2, 0.25) is 0 Å². The van der Waals surface area contributed by atoms with E-state index in [1.54, 1.807) is 6.07 Å². The third-order valence-electron chi connectivity index (χ3n) is 4.24. The summed E-state index contributed by atoms with van der Waals surface area (Å²) in [6.45, 7) is 7.60. The molecule has 2 atom stereocenters. The van der Waals surface area contributed by atoms with Gasteiger partial charge in [-0.1, -0.05) is 26.8 Å². The Morgan fingerprint density at radius 1 is 1.38 bits per heavy atom. The maximum atomic E-state index is 14.5. The number of halogens is 1. The molecular formula is C17H24FNO2. The first-order chi connectivity index (χ1) is 9.78. The van der Waals surface area contributed by atoms with E-state index < -0.39 is 5.60 Å². The summed E-state index contributed by atoms with van der Waals surface area (Å²) >= 11 is 0. The average molecular weight is 293 g/mol. The van der Waals surface area contributed by atoms with Crippen molar-refractivity contribution < 1.29 is 13.9 Å². The Balaban J connectivity index is 1.96. The average Bonchev–Trinajstić information content (AvgIpc) is 2.77. The molecule has 2 aliphatic heterocycles. The van der Waals surface area contributed by atoms with Crippen LogP contribution in [0.25, 0.3) is 0 Å². The minimum Gasteiger partial charge on any atom is -0.481 e. The lowest BCUT2D eigenvalue weighted by Crippen LogP contribution is -2.43. The Kier molecular flexibility index (Phi) is 3.49. The second kappa shape index (κ2) is 4.96. The number of benzene rings is 1. The number of rotatable bonds is 1. The minimum atomic E-state index is -0.432. The van der Waals surface area contributed by atoms with Gasteiger partial charge in [-0.3, -0.25) is 0 Å². The lowest BCUT2D eigenvalue weighted by Gasteiger charge is -2.38. The molecule has 2 aliphatic rings. The summed E-state index contributed by atoms with van der Waals surface area (Å²) < 4.78 is 25.9. The van der Waals surface area contributed by atoms with Crippen LogP contribution in [-0.2, 0) is 11.2 Å². The molecule has 0 radical (unpaired) electrons. The van der Waals surface area contributed by atoms with E-state index in [0.29, 0.717) is 25.4 Å². The normalized spacial score (nSPS) is 28.5. The molecule has 1 aromatic rings. The lowest BCUT2D eigenvalue weighted by atomic mass is 9.83. The topological polar surface area (TPSA) is 44.5 Å². The Morgan fingerprint density at radius 2 is 2.14 bits per heavy atom. The van der Waals surface area contributed by atoms with Gasteiger partial charge in [0.2, 0.25) is 0 Å². The third kappa shape index (κ3) is 2.92. The largest absolute Gasteiger partial charge is 0.481 e. The van der Waals surface area contributed by atoms with Gasteiger partial charge in [0, 0.05) is 24.4 Å². The molecule has 1 unspecified atom stereocenters. The van der Waals surface area contributed by atoms with Gasteiger partial charge in [0.1, 0.15) is 5.60 Å². The molecule has 0 saturated carbocycles. The molecule has 1 aromatic carbocycles. The fourth-order valence-electron chi connectivity index (χ4n) is 3.37. The zero-order chi connectivity index (χ0) is 15.3. The monoisotopic (exact) mass is 293 g/mol. The van der Waals surface area contributed by atoms with E-state index in [-0.39, 0.29) is 17.3 Å². The number of ether oxygens (including phenoxy) is 2. The molecule has 21 heavy (non-hydrogen) atoms. The second-order valence-corrected chi connectivity index (χ2v) is 7.63. The third-order valence-corrected chi connectivity index (χ3v) is 4.24. The summed E-state index contributed by atoms with van der Waals surface area (Å²) in [4.78, 5) is 0. The summed E-state index contributed by atoms with van der Waals surface area (Å²) in [5.41, 5.74) is 7.76. The van der Waals surface area contributed by atoms with Gasteiger partial charge >= 0.3 is 0 Å². The Labute approximate surface area is 125 Å². The Morgan fingerprint density at radius 3 is 2.76 bits per heavy atom. The van der Waals surface area contributed by atoms with E-state index in [2.05, 4.69) is 20.8 Å². The summed E-state index contributed by atoms with van der Waals surface area (Å²) in [6.07, 6.45) is 2.29. The number of nitrogens with two attached hydrogens (primary N) is 1. The molecule has 0 aromatic heterocycles. The quantitative estimate of drug-likeness (QED) is 0.863. The lowest BCUT2D eigenvalue weighted by molar-refractivity contribution is 0.0198. The van der Waals surface area contributed by atoms with Crippen LogP contribution < -0.4 is 10.5 Å². The maximum Gasteiger partial charge on any atom is 0.165 e. The van der Waals surface area contributed by atoms with Crippen molar-refractivity contribution >= 4 is 0 Å². The van der Waals surface area contributed by atoms with Crippen molar-refractivity contribution in [2.45, 2.75) is 51.7 Å². The number of hydrogen-bond donors (Lipinski definition) is 1. The van der Waals surface area contributed by atoms with Crippen molar-refractivity contribution in [2.75, 3.05) is 13.2 Å². The molecular weight excluding hydrogens is 269 g/mol. The minimum absolute atomic E-state index is 0.112. The fraction of sp³-hybridized carbons (Fsp3) is 0.647. The van der Waals surface area contributed by atoms with Gasteiger partial charge in [-0.2, -0.15) is 0 Å². The maximum absolute atomic E-state index is 14.5. The predicted molar refractivity (Wildman–Crippen MR) is 79.9 cm³/mol. The molecule has 3 rings (SSSR count). The van der Waals surface area contributed by atoms with Gasteiger partial charge < -0.3 is 15.2 Å². The first-order valence-corrected chi connectivity index (χ1v) is 7.63. The Hall–Kier alpha value is -1.13. The van der Waals surface area contributed by atoms with Crippen LogP contribution in [0, 0.1) is 11.2 Å². The van der Waals surface area contributed by atoms with Crippen LogP contribution in [0.5, 0.6) is 5.75 Å². The van der Waals surface area contributed by atoms with Crippen LogP contribution in [0.1, 0.15) is 50.8 Å². The first kappa shape index (κ1) is 14.8. The van der Waals surface area contributed by atoms with Crippen molar-refractivity contribution in [2.24, 2.45) is 11.1 Å². The van der Waals surface area contributed by atoms with Crippen molar-refractivity contribution in [3.63, 3.8) is 0 Å². The number of fused-ring (bicyclic) bond motifs is 1. The first-order valence-electron chi connectivity index (χ1n) is 7.63. The molecule has 1 saturated heterocycles. The smallest absolute Gasteiger partial charge is 0.165 e. The van der Waals surface area contributed by atoms with Gasteiger partial charge in [-0.25, -0.2) is 4.39 Å². The highest BCUT2D eigenvalue weighted by Gasteiger charge is 2.44. The SMILES string of the molecule is CC(C)(C)Cc1cc(F)c2c(c1)[C@@H](N)CC1(CCOC1)O2. The van der Waals surface area contributed by atoms with Crippen LogP contribution in [0.3, 0.4) is 0 Å². The highest BCUT2D eigenvalue weighted by atomic mass is 19.1. The predicted octanol–water partition coefficient (Wildman–Crippen LogP) is 3.36. The van der Waals surface area contributed by atoms with Gasteiger partial charge in [-0.05, 0) is 23.5 Å². The number of hydrogen-bond acceptors (Lipinski definition) is 3. The fourth-order valence-corrected chi connectivity index (χ4v) is 3.37. The summed E-state index contributed by atoms with van der Waals surface area (Å²) in [7, 11) is 0. The van der Waals surface area contributed by atoms with Gasteiger partial charge in [0.05, 0.1) is 13.2 Å². The van der Waals surface area contributed by atoms with E-state index in [1.807, 2.05) is 6.07 Å². The van der Waals surface area contributed by atoms with E-state index in [9.17, 15) is 4.39 Å². The highest BCUT2D eigenvalue weighted by Crippen LogP contribution is 2.44. The molecule has 0 bridgehead atoms. The second-order valence-electron chi connectivity index (χ2n) is 7.63. The molecule has 4 heteroatoms. The van der Waals surface area contributed by atoms with Crippen molar-refractivity contribution in [1.82, 2.24) is 0 Å². The molecule has 2 heterocycles. The van der Waals surface area contributed by atoms with Gasteiger partial charge in [-0.15, -0.1) is 0 Å². The van der Waals surface area contributed by atoms with Crippen molar-refractivity contribution in [1.29, 1.82) is 0 Å². The molecule has 2 N–H and O–H groups in total. The summed E-state index contributed by atoms with van der Waals surface area (Å²) in [5.74, 6) is 0.0325. The summed E-state index contributed by atoms with van der Waals surface area (Å²) in [5, 5.41) is 0. The van der Waals surface area contributed by atoms with Crippen LogP contribution in [0.4, 0.5) is 4.39 Å². The summed E-state index contributed by atoms with van der Waals surface area (Å²) in [6, 6.07) is 3.41. The molecule has 116 valence electrons. The molecule has 0 amide bonds. The zero-order valence-electron chi connectivity index (χ0n) is 13.0. The van der Waals surface area contributed by atoms with E-state index in [1.165, 1.54) is 0 Å². The Bertz CT molecular complexity index is 544. The molecule has 3 nitrogen and oxygen atoms in total. The zero-order valence-corrected chi connectivity index (χ0v) is 13.0. The highest BCUT2D eigenvalue weighted by molar-refractivity contribution is 5.43. The molecule has 0 aliphatic carbocycles. The van der Waals surface area contributed by atoms with Gasteiger partial charge in [0.15, 0.2) is 11.6 Å². The van der Waals surface area contributed by atoms with Crippen LogP contribution >= 0.6 is 0 Å².